The van der Waals surface area contributed by atoms with E-state index in [1.54, 1.807) is 13.8 Å². The third kappa shape index (κ3) is 5.00. The van der Waals surface area contributed by atoms with Crippen molar-refractivity contribution in [2.75, 3.05) is 13.2 Å². The molecule has 1 aromatic carbocycles. The highest BCUT2D eigenvalue weighted by molar-refractivity contribution is 7.89. The Morgan fingerprint density at radius 1 is 1.33 bits per heavy atom. The maximum Gasteiger partial charge on any atom is 0.243 e. The lowest BCUT2D eigenvalue weighted by molar-refractivity contribution is 0.133. The highest BCUT2D eigenvalue weighted by atomic mass is 32.2. The molecule has 1 rings (SSSR count). The molecule has 0 spiro atoms. The molecule has 10 heteroatoms. The van der Waals surface area contributed by atoms with E-state index in [1.165, 1.54) is 0 Å². The van der Waals surface area contributed by atoms with Gasteiger partial charge in [-0.2, -0.15) is 0 Å². The first-order valence-corrected chi connectivity index (χ1v) is 9.03. The van der Waals surface area contributed by atoms with E-state index in [1.807, 2.05) is 0 Å². The van der Waals surface area contributed by atoms with Crippen molar-refractivity contribution in [1.82, 2.24) is 4.72 Å². The van der Waals surface area contributed by atoms with Gasteiger partial charge in [0, 0.05) is 12.6 Å². The first kappa shape index (κ1) is 18.0. The Hall–Kier alpha value is -1.07. The van der Waals surface area contributed by atoms with Gasteiger partial charge >= 0.3 is 0 Å². The fourth-order valence-electron chi connectivity index (χ4n) is 1.53. The number of halogens is 1. The number of nitrogens with one attached hydrogen (secondary N) is 1. The zero-order valence-corrected chi connectivity index (χ0v) is 13.2. The standard InChI is InChI=1S/C11H17FN2O5S2/c1-3-19-7-8(2)14-21(17,18)11-5-4-9(6-10(11)12)20(13,15)16/h4-6,8,14H,3,7H2,1-2H3,(H2,13,15,16). The SMILES string of the molecule is CCOCC(C)NS(=O)(=O)c1ccc(S(N)(=O)=O)cc1F. The Labute approximate surface area is 123 Å². The van der Waals surface area contributed by atoms with Gasteiger partial charge < -0.3 is 4.74 Å². The van der Waals surface area contributed by atoms with Crippen LogP contribution in [0.5, 0.6) is 0 Å². The van der Waals surface area contributed by atoms with E-state index in [4.69, 9.17) is 9.88 Å². The summed E-state index contributed by atoms with van der Waals surface area (Å²) in [5.41, 5.74) is 0. The Bertz CT molecular complexity index is 703. The highest BCUT2D eigenvalue weighted by Gasteiger charge is 2.23. The van der Waals surface area contributed by atoms with Crippen molar-refractivity contribution >= 4 is 20.0 Å². The van der Waals surface area contributed by atoms with Gasteiger partial charge in [0.05, 0.1) is 11.5 Å². The van der Waals surface area contributed by atoms with E-state index in [2.05, 4.69) is 4.72 Å². The molecule has 1 atom stereocenters. The zero-order valence-electron chi connectivity index (χ0n) is 11.5. The molecule has 7 nitrogen and oxygen atoms in total. The minimum atomic E-state index is -4.12. The summed E-state index contributed by atoms with van der Waals surface area (Å²) in [6.07, 6.45) is 0. The van der Waals surface area contributed by atoms with Crippen LogP contribution >= 0.6 is 0 Å². The van der Waals surface area contributed by atoms with Crippen LogP contribution < -0.4 is 9.86 Å². The van der Waals surface area contributed by atoms with Crippen LogP contribution in [0.25, 0.3) is 0 Å². The van der Waals surface area contributed by atoms with E-state index < -0.39 is 41.7 Å². The zero-order chi connectivity index (χ0) is 16.3. The molecular weight excluding hydrogens is 323 g/mol. The van der Waals surface area contributed by atoms with Crippen LogP contribution in [0, 0.1) is 5.82 Å². The summed E-state index contributed by atoms with van der Waals surface area (Å²) in [4.78, 5) is -1.15. The minimum Gasteiger partial charge on any atom is -0.380 e. The fourth-order valence-corrected chi connectivity index (χ4v) is 3.35. The number of primary sulfonamides is 1. The largest absolute Gasteiger partial charge is 0.380 e. The molecule has 0 radical (unpaired) electrons. The fraction of sp³-hybridized carbons (Fsp3) is 0.455. The second kappa shape index (κ2) is 6.79. The van der Waals surface area contributed by atoms with Gasteiger partial charge in [0.25, 0.3) is 0 Å². The maximum atomic E-state index is 13.8. The molecule has 0 aromatic heterocycles. The molecular formula is C11H17FN2O5S2. The molecule has 0 saturated heterocycles. The van der Waals surface area contributed by atoms with Crippen LogP contribution in [-0.2, 0) is 24.8 Å². The summed E-state index contributed by atoms with van der Waals surface area (Å²) in [5, 5.41) is 4.84. The monoisotopic (exact) mass is 340 g/mol. The van der Waals surface area contributed by atoms with Gasteiger partial charge in [-0.25, -0.2) is 31.1 Å². The van der Waals surface area contributed by atoms with Crippen LogP contribution in [0.15, 0.2) is 28.0 Å². The highest BCUT2D eigenvalue weighted by Crippen LogP contribution is 2.18. The number of nitrogens with two attached hydrogens (primary N) is 1. The van der Waals surface area contributed by atoms with Gasteiger partial charge in [0.15, 0.2) is 0 Å². The molecule has 3 N–H and O–H groups in total. The maximum absolute atomic E-state index is 13.8. The summed E-state index contributed by atoms with van der Waals surface area (Å²) in [7, 11) is -8.22. The molecule has 0 bridgehead atoms. The third-order valence-corrected chi connectivity index (χ3v) is 4.98. The van der Waals surface area contributed by atoms with Gasteiger partial charge in [0.1, 0.15) is 10.7 Å². The lowest BCUT2D eigenvalue weighted by Crippen LogP contribution is -2.36. The quantitative estimate of drug-likeness (QED) is 0.734. The summed E-state index contributed by atoms with van der Waals surface area (Å²) >= 11 is 0. The van der Waals surface area contributed by atoms with E-state index in [0.717, 1.165) is 12.1 Å². The van der Waals surface area contributed by atoms with E-state index in [0.29, 0.717) is 12.7 Å². The average molecular weight is 340 g/mol. The number of benzene rings is 1. The summed E-state index contributed by atoms with van der Waals surface area (Å²) in [5.74, 6) is -1.20. The molecule has 1 aromatic rings. The molecule has 120 valence electrons. The Morgan fingerprint density at radius 2 is 1.95 bits per heavy atom. The number of sulfonamides is 2. The minimum absolute atomic E-state index is 0.132. The molecule has 0 aliphatic heterocycles. The van der Waals surface area contributed by atoms with Crippen molar-refractivity contribution in [2.24, 2.45) is 5.14 Å². The van der Waals surface area contributed by atoms with Gasteiger partial charge in [-0.15, -0.1) is 0 Å². The van der Waals surface area contributed by atoms with Gasteiger partial charge in [-0.1, -0.05) is 0 Å². The topological polar surface area (TPSA) is 116 Å². The van der Waals surface area contributed by atoms with E-state index in [-0.39, 0.29) is 6.61 Å². The van der Waals surface area contributed by atoms with Gasteiger partial charge in [-0.05, 0) is 32.0 Å². The molecule has 1 unspecified atom stereocenters. The second-order valence-corrected chi connectivity index (χ2v) is 7.56. The first-order valence-electron chi connectivity index (χ1n) is 6.00. The van der Waals surface area contributed by atoms with Gasteiger partial charge in [-0.3, -0.25) is 0 Å². The van der Waals surface area contributed by atoms with Crippen LogP contribution in [-0.4, -0.2) is 36.1 Å². The summed E-state index contributed by atoms with van der Waals surface area (Å²) < 4.78 is 67.2. The first-order chi connectivity index (χ1) is 9.58. The lowest BCUT2D eigenvalue weighted by Gasteiger charge is -2.14. The van der Waals surface area contributed by atoms with Crippen molar-refractivity contribution in [2.45, 2.75) is 29.7 Å². The van der Waals surface area contributed by atoms with Crippen molar-refractivity contribution in [3.8, 4) is 0 Å². The van der Waals surface area contributed by atoms with Gasteiger partial charge in [0.2, 0.25) is 20.0 Å². The number of rotatable bonds is 7. The molecule has 0 aliphatic carbocycles. The summed E-state index contributed by atoms with van der Waals surface area (Å²) in [6.45, 7) is 3.87. The lowest BCUT2D eigenvalue weighted by atomic mass is 10.3. The van der Waals surface area contributed by atoms with Crippen molar-refractivity contribution in [3.05, 3.63) is 24.0 Å². The summed E-state index contributed by atoms with van der Waals surface area (Å²) in [6, 6.07) is 1.79. The Morgan fingerprint density at radius 3 is 2.43 bits per heavy atom. The Balaban J connectivity index is 3.05. The molecule has 0 heterocycles. The van der Waals surface area contributed by atoms with Crippen molar-refractivity contribution in [3.63, 3.8) is 0 Å². The van der Waals surface area contributed by atoms with E-state index >= 15 is 0 Å². The smallest absolute Gasteiger partial charge is 0.243 e. The van der Waals surface area contributed by atoms with Crippen LogP contribution in [0.2, 0.25) is 0 Å². The van der Waals surface area contributed by atoms with Crippen molar-refractivity contribution < 1.29 is 26.0 Å². The Kier molecular flexibility index (Phi) is 5.82. The molecule has 0 saturated carbocycles. The predicted octanol–water partition coefficient (Wildman–Crippen LogP) is 0.176. The third-order valence-electron chi connectivity index (χ3n) is 2.45. The molecule has 21 heavy (non-hydrogen) atoms. The van der Waals surface area contributed by atoms with Crippen LogP contribution in [0.3, 0.4) is 0 Å². The second-order valence-electron chi connectivity index (χ2n) is 4.32. The van der Waals surface area contributed by atoms with Crippen LogP contribution in [0.1, 0.15) is 13.8 Å². The average Bonchev–Trinajstić information content (AvgIpc) is 2.34. The normalized spacial score (nSPS) is 14.1. The number of hydrogen-bond acceptors (Lipinski definition) is 5. The molecule has 0 amide bonds. The predicted molar refractivity (Wildman–Crippen MR) is 74.0 cm³/mol. The molecule has 0 aliphatic rings. The van der Waals surface area contributed by atoms with Crippen molar-refractivity contribution in [1.29, 1.82) is 0 Å². The number of hydrogen-bond donors (Lipinski definition) is 2. The van der Waals surface area contributed by atoms with Crippen LogP contribution in [0.4, 0.5) is 4.39 Å². The van der Waals surface area contributed by atoms with E-state index in [9.17, 15) is 21.2 Å². The molecule has 0 fully saturated rings. The number of ether oxygens (including phenoxy) is 1.